The highest BCUT2D eigenvalue weighted by Gasteiger charge is 2.37. The predicted octanol–water partition coefficient (Wildman–Crippen LogP) is 2.71. The van der Waals surface area contributed by atoms with Crippen molar-refractivity contribution in [2.75, 3.05) is 26.9 Å². The Kier molecular flexibility index (Phi) is 5.24. The van der Waals surface area contributed by atoms with E-state index in [0.29, 0.717) is 19.3 Å². The number of benzene rings is 1. The van der Waals surface area contributed by atoms with Crippen LogP contribution in [0.3, 0.4) is 0 Å². The second-order valence-electron chi connectivity index (χ2n) is 6.23. The molecule has 0 unspecified atom stereocenters. The zero-order chi connectivity index (χ0) is 15.5. The molecule has 2 fully saturated rings. The number of likely N-dealkylation sites (tertiary alicyclic amines) is 1. The van der Waals surface area contributed by atoms with Crippen molar-refractivity contribution in [1.29, 1.82) is 0 Å². The van der Waals surface area contributed by atoms with Crippen LogP contribution in [0.15, 0.2) is 18.2 Å². The summed E-state index contributed by atoms with van der Waals surface area (Å²) < 4.78 is 11.0. The first-order valence-corrected chi connectivity index (χ1v) is 8.39. The van der Waals surface area contributed by atoms with Gasteiger partial charge in [-0.3, -0.25) is 4.90 Å². The normalized spacial score (nSPS) is 29.7. The smallest absolute Gasteiger partial charge is 0.123 e. The SMILES string of the molecule is COc1ccc(Cl)cc1CN1CCC[C@@H]1[C@H]1COCC[C@H]1O. The number of aliphatic hydroxyl groups excluding tert-OH is 1. The van der Waals surface area contributed by atoms with Gasteiger partial charge in [-0.15, -0.1) is 0 Å². The Bertz CT molecular complexity index is 511. The lowest BCUT2D eigenvalue weighted by Gasteiger charge is -2.37. The Morgan fingerprint density at radius 1 is 1.41 bits per heavy atom. The summed E-state index contributed by atoms with van der Waals surface area (Å²) in [6.45, 7) is 3.18. The molecule has 3 rings (SSSR count). The van der Waals surface area contributed by atoms with Gasteiger partial charge in [0.25, 0.3) is 0 Å². The molecule has 2 saturated heterocycles. The maximum atomic E-state index is 10.3. The van der Waals surface area contributed by atoms with Gasteiger partial charge >= 0.3 is 0 Å². The molecule has 0 bridgehead atoms. The molecule has 0 amide bonds. The van der Waals surface area contributed by atoms with E-state index in [1.807, 2.05) is 18.2 Å². The molecule has 1 aromatic carbocycles. The number of halogens is 1. The lowest BCUT2D eigenvalue weighted by molar-refractivity contribution is -0.0636. The fourth-order valence-corrected chi connectivity index (χ4v) is 3.93. The second kappa shape index (κ2) is 7.18. The van der Waals surface area contributed by atoms with Crippen molar-refractivity contribution in [3.05, 3.63) is 28.8 Å². The molecule has 0 saturated carbocycles. The molecule has 5 heteroatoms. The third-order valence-electron chi connectivity index (χ3n) is 4.89. The summed E-state index contributed by atoms with van der Waals surface area (Å²) in [5, 5.41) is 11.0. The van der Waals surface area contributed by atoms with Gasteiger partial charge in [0.2, 0.25) is 0 Å². The van der Waals surface area contributed by atoms with E-state index in [4.69, 9.17) is 21.1 Å². The van der Waals surface area contributed by atoms with Crippen LogP contribution in [-0.4, -0.2) is 49.0 Å². The summed E-state index contributed by atoms with van der Waals surface area (Å²) in [7, 11) is 1.69. The number of hydrogen-bond donors (Lipinski definition) is 1. The molecule has 0 spiro atoms. The van der Waals surface area contributed by atoms with Crippen molar-refractivity contribution in [2.24, 2.45) is 5.92 Å². The first-order chi connectivity index (χ1) is 10.7. The molecule has 1 aromatic rings. The van der Waals surface area contributed by atoms with Gasteiger partial charge in [-0.25, -0.2) is 0 Å². The first kappa shape index (κ1) is 16.1. The monoisotopic (exact) mass is 325 g/mol. The lowest BCUT2D eigenvalue weighted by atomic mass is 9.89. The Morgan fingerprint density at radius 2 is 2.27 bits per heavy atom. The van der Waals surface area contributed by atoms with Crippen LogP contribution in [0.5, 0.6) is 5.75 Å². The molecule has 1 N–H and O–H groups in total. The van der Waals surface area contributed by atoms with Crippen molar-refractivity contribution in [3.8, 4) is 5.75 Å². The largest absolute Gasteiger partial charge is 0.496 e. The molecule has 2 aliphatic heterocycles. The molecule has 0 radical (unpaired) electrons. The van der Waals surface area contributed by atoms with E-state index in [9.17, 15) is 5.11 Å². The summed E-state index contributed by atoms with van der Waals surface area (Å²) in [6.07, 6.45) is 2.78. The molecular formula is C17H24ClNO3. The molecule has 3 atom stereocenters. The van der Waals surface area contributed by atoms with Crippen LogP contribution in [0.2, 0.25) is 5.02 Å². The van der Waals surface area contributed by atoms with Crippen LogP contribution in [-0.2, 0) is 11.3 Å². The molecule has 0 aromatic heterocycles. The van der Waals surface area contributed by atoms with Gasteiger partial charge < -0.3 is 14.6 Å². The second-order valence-corrected chi connectivity index (χ2v) is 6.67. The van der Waals surface area contributed by atoms with Crippen molar-refractivity contribution in [1.82, 2.24) is 4.90 Å². The zero-order valence-electron chi connectivity index (χ0n) is 13.0. The minimum atomic E-state index is -0.249. The minimum absolute atomic E-state index is 0.210. The highest BCUT2D eigenvalue weighted by molar-refractivity contribution is 6.30. The zero-order valence-corrected chi connectivity index (χ0v) is 13.8. The predicted molar refractivity (Wildman–Crippen MR) is 86.4 cm³/mol. The van der Waals surface area contributed by atoms with E-state index in [-0.39, 0.29) is 12.0 Å². The average molecular weight is 326 g/mol. The molecule has 4 nitrogen and oxygen atoms in total. The molecule has 2 aliphatic rings. The Labute approximate surface area is 137 Å². The lowest BCUT2D eigenvalue weighted by Crippen LogP contribution is -2.45. The van der Waals surface area contributed by atoms with Crippen molar-refractivity contribution >= 4 is 11.6 Å². The van der Waals surface area contributed by atoms with Crippen LogP contribution in [0.4, 0.5) is 0 Å². The fraction of sp³-hybridized carbons (Fsp3) is 0.647. The van der Waals surface area contributed by atoms with Crippen molar-refractivity contribution in [3.63, 3.8) is 0 Å². The Balaban J connectivity index is 1.75. The van der Waals surface area contributed by atoms with E-state index in [0.717, 1.165) is 48.7 Å². The van der Waals surface area contributed by atoms with Crippen LogP contribution in [0, 0.1) is 5.92 Å². The number of rotatable bonds is 4. The average Bonchev–Trinajstić information content (AvgIpc) is 2.96. The first-order valence-electron chi connectivity index (χ1n) is 8.01. The van der Waals surface area contributed by atoms with Gasteiger partial charge in [-0.05, 0) is 44.0 Å². The van der Waals surface area contributed by atoms with Gasteiger partial charge in [0.15, 0.2) is 0 Å². The number of hydrogen-bond acceptors (Lipinski definition) is 4. The highest BCUT2D eigenvalue weighted by atomic mass is 35.5. The minimum Gasteiger partial charge on any atom is -0.496 e. The topological polar surface area (TPSA) is 41.9 Å². The van der Waals surface area contributed by atoms with Crippen molar-refractivity contribution in [2.45, 2.75) is 38.0 Å². The fourth-order valence-electron chi connectivity index (χ4n) is 3.74. The van der Waals surface area contributed by atoms with Gasteiger partial charge in [-0.1, -0.05) is 11.6 Å². The summed E-state index contributed by atoms with van der Waals surface area (Å²) >= 11 is 6.13. The third-order valence-corrected chi connectivity index (χ3v) is 5.12. The quantitative estimate of drug-likeness (QED) is 0.924. The van der Waals surface area contributed by atoms with E-state index < -0.39 is 0 Å². The number of methoxy groups -OCH3 is 1. The van der Waals surface area contributed by atoms with Crippen LogP contribution < -0.4 is 4.74 Å². The maximum absolute atomic E-state index is 10.3. The number of ether oxygens (including phenoxy) is 2. The highest BCUT2D eigenvalue weighted by Crippen LogP contribution is 2.33. The molecular weight excluding hydrogens is 302 g/mol. The summed E-state index contributed by atoms with van der Waals surface area (Å²) in [6, 6.07) is 6.12. The summed E-state index contributed by atoms with van der Waals surface area (Å²) in [5.74, 6) is 1.08. The molecule has 2 heterocycles. The molecule has 22 heavy (non-hydrogen) atoms. The number of aliphatic hydroxyl groups is 1. The molecule has 0 aliphatic carbocycles. The molecule has 122 valence electrons. The van der Waals surface area contributed by atoms with Gasteiger partial charge in [0.05, 0.1) is 19.8 Å². The number of nitrogens with zero attached hydrogens (tertiary/aromatic N) is 1. The van der Waals surface area contributed by atoms with E-state index in [1.54, 1.807) is 7.11 Å². The van der Waals surface area contributed by atoms with Crippen LogP contribution in [0.25, 0.3) is 0 Å². The standard InChI is InChI=1S/C17H24ClNO3/c1-21-17-5-4-13(18)9-12(17)10-19-7-2-3-15(19)14-11-22-8-6-16(14)20/h4-5,9,14-16,20H,2-3,6-8,10-11H2,1H3/t14-,15-,16-/m1/s1. The Morgan fingerprint density at radius 3 is 3.05 bits per heavy atom. The summed E-state index contributed by atoms with van der Waals surface area (Å²) in [4.78, 5) is 2.44. The van der Waals surface area contributed by atoms with Crippen LogP contribution in [0.1, 0.15) is 24.8 Å². The van der Waals surface area contributed by atoms with Crippen molar-refractivity contribution < 1.29 is 14.6 Å². The van der Waals surface area contributed by atoms with E-state index in [1.165, 1.54) is 0 Å². The third kappa shape index (κ3) is 3.40. The van der Waals surface area contributed by atoms with Gasteiger partial charge in [-0.2, -0.15) is 0 Å². The van der Waals surface area contributed by atoms with Gasteiger partial charge in [0.1, 0.15) is 5.75 Å². The van der Waals surface area contributed by atoms with E-state index >= 15 is 0 Å². The van der Waals surface area contributed by atoms with Gasteiger partial charge in [0, 0.05) is 35.7 Å². The maximum Gasteiger partial charge on any atom is 0.123 e. The summed E-state index contributed by atoms with van der Waals surface area (Å²) in [5.41, 5.74) is 1.10. The van der Waals surface area contributed by atoms with Crippen LogP contribution >= 0.6 is 11.6 Å². The van der Waals surface area contributed by atoms with E-state index in [2.05, 4.69) is 4.90 Å². The Hall–Kier alpha value is -0.810.